The van der Waals surface area contributed by atoms with E-state index in [1.165, 1.54) is 0 Å². The molecule has 0 aliphatic heterocycles. The molecule has 0 aromatic heterocycles. The molecule has 0 fully saturated rings. The van der Waals surface area contributed by atoms with Gasteiger partial charge in [-0.05, 0) is 0 Å². The van der Waals surface area contributed by atoms with E-state index in [1.807, 2.05) is 5.00 Å². The first-order valence-corrected chi connectivity index (χ1v) is 2.45. The smallest absolute Gasteiger partial charge is 0.102 e. The topological polar surface area (TPSA) is 61.7 Å². The van der Waals surface area contributed by atoms with E-state index in [2.05, 4.69) is 4.84 Å². The molecule has 0 heterocycles. The molecule has 1 unspecified atom stereocenters. The Morgan fingerprint density at radius 3 is 2.75 bits per heavy atom. The number of aliphatic hydroxyl groups is 2. The Kier molecular flexibility index (Phi) is 5.36. The van der Waals surface area contributed by atoms with Crippen molar-refractivity contribution in [3.63, 3.8) is 0 Å². The number of halogens is 1. The summed E-state index contributed by atoms with van der Waals surface area (Å²) in [6.45, 7) is -0.335. The second kappa shape index (κ2) is 5.27. The lowest BCUT2D eigenvalue weighted by Gasteiger charge is -2.03. The molecule has 1 atom stereocenters. The van der Waals surface area contributed by atoms with Gasteiger partial charge in [0.2, 0.25) is 0 Å². The van der Waals surface area contributed by atoms with Crippen LogP contribution in [0.15, 0.2) is 0 Å². The molecule has 0 saturated heterocycles. The van der Waals surface area contributed by atoms with E-state index in [-0.39, 0.29) is 13.2 Å². The Bertz CT molecular complexity index is 53.8. The van der Waals surface area contributed by atoms with Crippen molar-refractivity contribution in [1.29, 1.82) is 0 Å². The Morgan fingerprint density at radius 2 is 2.38 bits per heavy atom. The highest BCUT2D eigenvalue weighted by atomic mass is 35.5. The van der Waals surface area contributed by atoms with Gasteiger partial charge in [-0.3, -0.25) is 4.84 Å². The second-order valence-electron chi connectivity index (χ2n) is 1.22. The van der Waals surface area contributed by atoms with Gasteiger partial charge in [-0.15, -0.1) is 5.00 Å². The normalized spacial score (nSPS) is 13.9. The van der Waals surface area contributed by atoms with Gasteiger partial charge in [0.05, 0.1) is 13.2 Å². The summed E-state index contributed by atoms with van der Waals surface area (Å²) >= 11 is 4.84. The molecule has 0 aliphatic carbocycles. The molecule has 0 amide bonds. The Balaban J connectivity index is 2.86. The largest absolute Gasteiger partial charge is 0.394 e. The number of rotatable bonds is 4. The van der Waals surface area contributed by atoms with Gasteiger partial charge in [-0.1, -0.05) is 0 Å². The number of aliphatic hydroxyl groups excluding tert-OH is 2. The van der Waals surface area contributed by atoms with Crippen molar-refractivity contribution in [1.82, 2.24) is 5.00 Å². The second-order valence-corrected chi connectivity index (χ2v) is 1.38. The van der Waals surface area contributed by atoms with E-state index in [1.54, 1.807) is 0 Å². The molecular formula is C3H8ClNO3. The van der Waals surface area contributed by atoms with Gasteiger partial charge in [-0.2, -0.15) is 0 Å². The first-order valence-electron chi connectivity index (χ1n) is 2.07. The van der Waals surface area contributed by atoms with Crippen LogP contribution in [0.5, 0.6) is 0 Å². The molecular weight excluding hydrogens is 133 g/mol. The quantitative estimate of drug-likeness (QED) is 0.348. The minimum Gasteiger partial charge on any atom is -0.394 e. The maximum atomic E-state index is 8.52. The van der Waals surface area contributed by atoms with Gasteiger partial charge in [-0.25, -0.2) is 0 Å². The average molecular weight is 142 g/mol. The maximum Gasteiger partial charge on any atom is 0.102 e. The summed E-state index contributed by atoms with van der Waals surface area (Å²) in [7, 11) is 0. The third kappa shape index (κ3) is 4.29. The van der Waals surface area contributed by atoms with E-state index < -0.39 is 6.10 Å². The summed E-state index contributed by atoms with van der Waals surface area (Å²) in [5, 5.41) is 16.7. The van der Waals surface area contributed by atoms with Crippen molar-refractivity contribution >= 4 is 11.8 Å². The Labute approximate surface area is 52.1 Å². The maximum absolute atomic E-state index is 8.52. The molecule has 0 spiro atoms. The molecule has 4 nitrogen and oxygen atoms in total. The molecule has 5 heteroatoms. The van der Waals surface area contributed by atoms with E-state index in [9.17, 15) is 0 Å². The SMILES string of the molecule is OCC(O)CONCl. The van der Waals surface area contributed by atoms with Gasteiger partial charge in [0.15, 0.2) is 0 Å². The summed E-state index contributed by atoms with van der Waals surface area (Å²) < 4.78 is 0. The average Bonchev–Trinajstić information content (AvgIpc) is 1.83. The van der Waals surface area contributed by atoms with Crippen molar-refractivity contribution < 1.29 is 15.1 Å². The van der Waals surface area contributed by atoms with Crippen molar-refractivity contribution in [2.75, 3.05) is 13.2 Å². The highest BCUT2D eigenvalue weighted by Crippen LogP contribution is 1.79. The summed E-state index contributed by atoms with van der Waals surface area (Å²) in [4.78, 5) is 6.13. The predicted octanol–water partition coefficient (Wildman–Crippen LogP) is -0.985. The summed E-state index contributed by atoms with van der Waals surface area (Å²) in [6, 6.07) is 0. The van der Waals surface area contributed by atoms with Crippen LogP contribution in [-0.2, 0) is 4.84 Å². The monoisotopic (exact) mass is 141 g/mol. The van der Waals surface area contributed by atoms with Gasteiger partial charge < -0.3 is 10.2 Å². The summed E-state index contributed by atoms with van der Waals surface area (Å²) in [6.07, 6.45) is -0.860. The lowest BCUT2D eigenvalue weighted by atomic mass is 10.4. The van der Waals surface area contributed by atoms with E-state index >= 15 is 0 Å². The molecule has 0 aliphatic rings. The lowest BCUT2D eigenvalue weighted by Crippen LogP contribution is -2.21. The zero-order chi connectivity index (χ0) is 6.41. The van der Waals surface area contributed by atoms with E-state index in [0.717, 1.165) is 0 Å². The minimum atomic E-state index is -0.860. The van der Waals surface area contributed by atoms with Crippen LogP contribution in [0.1, 0.15) is 0 Å². The molecule has 50 valence electrons. The van der Waals surface area contributed by atoms with Gasteiger partial charge in [0.25, 0.3) is 0 Å². The third-order valence-electron chi connectivity index (χ3n) is 0.541. The van der Waals surface area contributed by atoms with Crippen LogP contribution in [0.3, 0.4) is 0 Å². The van der Waals surface area contributed by atoms with Crippen LogP contribution in [0.2, 0.25) is 0 Å². The molecule has 8 heavy (non-hydrogen) atoms. The Morgan fingerprint density at radius 1 is 1.75 bits per heavy atom. The van der Waals surface area contributed by atoms with Crippen molar-refractivity contribution in [3.05, 3.63) is 0 Å². The zero-order valence-electron chi connectivity index (χ0n) is 4.17. The molecule has 0 saturated carbocycles. The van der Waals surface area contributed by atoms with Crippen LogP contribution in [0.25, 0.3) is 0 Å². The molecule has 0 rings (SSSR count). The van der Waals surface area contributed by atoms with Gasteiger partial charge >= 0.3 is 0 Å². The molecule has 0 radical (unpaired) electrons. The summed E-state index contributed by atoms with van der Waals surface area (Å²) in [5.74, 6) is 0. The van der Waals surface area contributed by atoms with Gasteiger partial charge in [0.1, 0.15) is 6.10 Å². The molecule has 0 aromatic carbocycles. The molecule has 3 N–H and O–H groups in total. The highest BCUT2D eigenvalue weighted by molar-refractivity contribution is 6.12. The van der Waals surface area contributed by atoms with Crippen molar-refractivity contribution in [3.8, 4) is 0 Å². The first-order chi connectivity index (χ1) is 3.81. The highest BCUT2D eigenvalue weighted by Gasteiger charge is 1.98. The van der Waals surface area contributed by atoms with Crippen molar-refractivity contribution in [2.24, 2.45) is 0 Å². The fourth-order valence-corrected chi connectivity index (χ4v) is 0.243. The van der Waals surface area contributed by atoms with Crippen LogP contribution in [-0.4, -0.2) is 29.5 Å². The van der Waals surface area contributed by atoms with Crippen LogP contribution < -0.4 is 5.00 Å². The van der Waals surface area contributed by atoms with Crippen LogP contribution in [0, 0.1) is 0 Å². The number of hydrogen-bond donors (Lipinski definition) is 3. The number of hydrogen-bond acceptors (Lipinski definition) is 4. The van der Waals surface area contributed by atoms with Crippen molar-refractivity contribution in [2.45, 2.75) is 6.10 Å². The van der Waals surface area contributed by atoms with E-state index in [4.69, 9.17) is 22.0 Å². The van der Waals surface area contributed by atoms with Crippen LogP contribution >= 0.6 is 11.8 Å². The lowest BCUT2D eigenvalue weighted by molar-refractivity contribution is -0.0114. The first kappa shape index (κ1) is 8.13. The van der Waals surface area contributed by atoms with E-state index in [0.29, 0.717) is 0 Å². The fraction of sp³-hybridized carbons (Fsp3) is 1.00. The standard InChI is InChI=1S/C3H8ClNO3/c4-5-8-2-3(7)1-6/h3,5-7H,1-2H2. The predicted molar refractivity (Wildman–Crippen MR) is 28.0 cm³/mol. The zero-order valence-corrected chi connectivity index (χ0v) is 4.93. The van der Waals surface area contributed by atoms with Gasteiger partial charge in [0, 0.05) is 11.8 Å². The summed E-state index contributed by atoms with van der Waals surface area (Å²) in [5.41, 5.74) is 0. The molecule has 0 aromatic rings. The Hall–Kier alpha value is 0.130. The minimum absolute atomic E-state index is 0.0139. The fourth-order valence-electron chi connectivity index (χ4n) is 0.180. The number of nitrogens with one attached hydrogen (secondary N) is 1. The molecule has 0 bridgehead atoms. The third-order valence-corrected chi connectivity index (χ3v) is 0.650. The van der Waals surface area contributed by atoms with Crippen LogP contribution in [0.4, 0.5) is 0 Å².